The van der Waals surface area contributed by atoms with Gasteiger partial charge in [-0.05, 0) is 54.2 Å². The van der Waals surface area contributed by atoms with Gasteiger partial charge in [0.1, 0.15) is 5.75 Å². The Morgan fingerprint density at radius 1 is 1.33 bits per heavy atom. The number of halogens is 1. The van der Waals surface area contributed by atoms with E-state index >= 15 is 0 Å². The molecule has 1 fully saturated rings. The lowest BCUT2D eigenvalue weighted by atomic mass is 9.90. The normalized spacial score (nSPS) is 19.2. The number of rotatable bonds is 2. The summed E-state index contributed by atoms with van der Waals surface area (Å²) >= 11 is 3.37. The molecule has 0 bridgehead atoms. The van der Waals surface area contributed by atoms with Gasteiger partial charge in [-0.1, -0.05) is 0 Å². The standard InChI is InChI=1S/C13H16BrNO3/c14-10-6-11-13(18-7-17-11)9(12(10)16)5-8-1-3-15-4-2-8/h6,8,15-16H,1-5,7H2. The number of piperidine rings is 1. The average Bonchev–Trinajstić information content (AvgIpc) is 2.84. The van der Waals surface area contributed by atoms with Gasteiger partial charge in [-0.2, -0.15) is 0 Å². The van der Waals surface area contributed by atoms with Crippen LogP contribution in [0.4, 0.5) is 0 Å². The molecule has 4 nitrogen and oxygen atoms in total. The van der Waals surface area contributed by atoms with Crippen molar-refractivity contribution < 1.29 is 14.6 Å². The Hall–Kier alpha value is -0.940. The Morgan fingerprint density at radius 3 is 2.89 bits per heavy atom. The molecule has 0 spiro atoms. The van der Waals surface area contributed by atoms with Gasteiger partial charge >= 0.3 is 0 Å². The Kier molecular flexibility index (Phi) is 3.35. The number of phenolic OH excluding ortho intramolecular Hbond substituents is 1. The van der Waals surface area contributed by atoms with Crippen LogP contribution in [0, 0.1) is 5.92 Å². The number of hydrogen-bond acceptors (Lipinski definition) is 4. The van der Waals surface area contributed by atoms with E-state index in [1.807, 2.05) is 0 Å². The van der Waals surface area contributed by atoms with E-state index in [4.69, 9.17) is 9.47 Å². The topological polar surface area (TPSA) is 50.7 Å². The van der Waals surface area contributed by atoms with Crippen LogP contribution in [0.25, 0.3) is 0 Å². The highest BCUT2D eigenvalue weighted by Crippen LogP contribution is 2.46. The molecule has 0 atom stereocenters. The Morgan fingerprint density at radius 2 is 2.11 bits per heavy atom. The molecular weight excluding hydrogens is 298 g/mol. The minimum atomic E-state index is 0.241. The molecule has 5 heteroatoms. The van der Waals surface area contributed by atoms with Crippen molar-refractivity contribution in [1.82, 2.24) is 5.32 Å². The molecule has 0 saturated carbocycles. The SMILES string of the molecule is Oc1c(Br)cc2c(c1CC1CCNCC1)OCO2. The molecule has 0 unspecified atom stereocenters. The van der Waals surface area contributed by atoms with Gasteiger partial charge < -0.3 is 19.9 Å². The van der Waals surface area contributed by atoms with Crippen LogP contribution < -0.4 is 14.8 Å². The van der Waals surface area contributed by atoms with Crippen molar-refractivity contribution in [3.63, 3.8) is 0 Å². The van der Waals surface area contributed by atoms with Crippen molar-refractivity contribution in [3.05, 3.63) is 16.1 Å². The first-order valence-corrected chi connectivity index (χ1v) is 7.05. The molecule has 2 aliphatic rings. The highest BCUT2D eigenvalue weighted by Gasteiger charge is 2.26. The Labute approximate surface area is 114 Å². The summed E-state index contributed by atoms with van der Waals surface area (Å²) in [6.45, 7) is 2.35. The summed E-state index contributed by atoms with van der Waals surface area (Å²) in [6, 6.07) is 1.77. The molecule has 98 valence electrons. The maximum atomic E-state index is 10.2. The minimum absolute atomic E-state index is 0.241. The van der Waals surface area contributed by atoms with E-state index in [0.717, 1.165) is 43.7 Å². The first-order valence-electron chi connectivity index (χ1n) is 6.26. The van der Waals surface area contributed by atoms with Crippen LogP contribution in [0.1, 0.15) is 18.4 Å². The molecule has 0 aromatic heterocycles. The average molecular weight is 314 g/mol. The van der Waals surface area contributed by atoms with Gasteiger partial charge in [-0.15, -0.1) is 0 Å². The summed E-state index contributed by atoms with van der Waals surface area (Å²) in [5.41, 5.74) is 0.878. The predicted molar refractivity (Wildman–Crippen MR) is 71.2 cm³/mol. The van der Waals surface area contributed by atoms with E-state index in [1.165, 1.54) is 0 Å². The monoisotopic (exact) mass is 313 g/mol. The fourth-order valence-corrected chi connectivity index (χ4v) is 3.08. The van der Waals surface area contributed by atoms with Crippen LogP contribution in [-0.2, 0) is 6.42 Å². The largest absolute Gasteiger partial charge is 0.506 e. The molecule has 0 amide bonds. The van der Waals surface area contributed by atoms with Gasteiger partial charge in [0.05, 0.1) is 4.47 Å². The van der Waals surface area contributed by atoms with E-state index < -0.39 is 0 Å². The molecule has 0 aliphatic carbocycles. The highest BCUT2D eigenvalue weighted by molar-refractivity contribution is 9.10. The third-order valence-corrected chi connectivity index (χ3v) is 4.24. The van der Waals surface area contributed by atoms with Gasteiger partial charge in [0.25, 0.3) is 0 Å². The molecule has 0 radical (unpaired) electrons. The third-order valence-electron chi connectivity index (χ3n) is 3.64. The summed E-state index contributed by atoms with van der Waals surface area (Å²) in [5, 5.41) is 13.5. The Bertz CT molecular complexity index is 458. The van der Waals surface area contributed by atoms with Crippen LogP contribution in [0.15, 0.2) is 10.5 Å². The second-order valence-electron chi connectivity index (χ2n) is 4.82. The van der Waals surface area contributed by atoms with E-state index in [-0.39, 0.29) is 12.5 Å². The van der Waals surface area contributed by atoms with Crippen molar-refractivity contribution in [2.24, 2.45) is 5.92 Å². The molecule has 1 aromatic rings. The van der Waals surface area contributed by atoms with E-state index in [9.17, 15) is 5.11 Å². The Balaban J connectivity index is 1.90. The summed E-state index contributed by atoms with van der Waals surface area (Å²) < 4.78 is 11.6. The third kappa shape index (κ3) is 2.17. The number of ether oxygens (including phenoxy) is 2. The fourth-order valence-electron chi connectivity index (χ4n) is 2.63. The quantitative estimate of drug-likeness (QED) is 0.880. The molecule has 3 rings (SSSR count). The lowest BCUT2D eigenvalue weighted by Gasteiger charge is -2.23. The maximum absolute atomic E-state index is 10.2. The van der Waals surface area contributed by atoms with Crippen molar-refractivity contribution >= 4 is 15.9 Å². The van der Waals surface area contributed by atoms with E-state index in [2.05, 4.69) is 21.2 Å². The van der Waals surface area contributed by atoms with Gasteiger partial charge in [0.15, 0.2) is 11.5 Å². The maximum Gasteiger partial charge on any atom is 0.231 e. The number of aromatic hydroxyl groups is 1. The van der Waals surface area contributed by atoms with Gasteiger partial charge in [-0.3, -0.25) is 0 Å². The first kappa shape index (κ1) is 12.1. The number of benzene rings is 1. The zero-order valence-electron chi connectivity index (χ0n) is 10.0. The molecule has 2 heterocycles. The van der Waals surface area contributed by atoms with Crippen molar-refractivity contribution in [3.8, 4) is 17.2 Å². The number of nitrogens with one attached hydrogen (secondary N) is 1. The van der Waals surface area contributed by atoms with Crippen LogP contribution >= 0.6 is 15.9 Å². The van der Waals surface area contributed by atoms with Crippen LogP contribution in [0.2, 0.25) is 0 Å². The predicted octanol–water partition coefficient (Wildman–Crippen LogP) is 2.43. The van der Waals surface area contributed by atoms with E-state index in [0.29, 0.717) is 16.1 Å². The summed E-state index contributed by atoms with van der Waals surface area (Å²) in [7, 11) is 0. The fraction of sp³-hybridized carbons (Fsp3) is 0.538. The minimum Gasteiger partial charge on any atom is -0.506 e. The number of phenols is 1. The second-order valence-corrected chi connectivity index (χ2v) is 5.67. The lowest BCUT2D eigenvalue weighted by molar-refractivity contribution is 0.172. The molecule has 2 N–H and O–H groups in total. The number of hydrogen-bond donors (Lipinski definition) is 2. The molecule has 18 heavy (non-hydrogen) atoms. The van der Waals surface area contributed by atoms with Gasteiger partial charge in [-0.25, -0.2) is 0 Å². The summed E-state index contributed by atoms with van der Waals surface area (Å²) in [6.07, 6.45) is 3.13. The van der Waals surface area contributed by atoms with Crippen molar-refractivity contribution in [2.45, 2.75) is 19.3 Å². The van der Waals surface area contributed by atoms with Crippen molar-refractivity contribution in [2.75, 3.05) is 19.9 Å². The lowest BCUT2D eigenvalue weighted by Crippen LogP contribution is -2.28. The van der Waals surface area contributed by atoms with Gasteiger partial charge in [0, 0.05) is 11.6 Å². The highest BCUT2D eigenvalue weighted by atomic mass is 79.9. The van der Waals surface area contributed by atoms with Crippen LogP contribution in [-0.4, -0.2) is 25.0 Å². The first-order chi connectivity index (χ1) is 8.75. The smallest absolute Gasteiger partial charge is 0.231 e. The molecular formula is C13H16BrNO3. The molecule has 1 saturated heterocycles. The van der Waals surface area contributed by atoms with Crippen LogP contribution in [0.5, 0.6) is 17.2 Å². The van der Waals surface area contributed by atoms with E-state index in [1.54, 1.807) is 6.07 Å². The van der Waals surface area contributed by atoms with Crippen LogP contribution in [0.3, 0.4) is 0 Å². The zero-order valence-corrected chi connectivity index (χ0v) is 11.6. The second kappa shape index (κ2) is 4.97. The number of fused-ring (bicyclic) bond motifs is 1. The molecule has 1 aromatic carbocycles. The summed E-state index contributed by atoms with van der Waals surface area (Å²) in [5.74, 6) is 2.33. The van der Waals surface area contributed by atoms with Crippen molar-refractivity contribution in [1.29, 1.82) is 0 Å². The van der Waals surface area contributed by atoms with Gasteiger partial charge in [0.2, 0.25) is 6.79 Å². The summed E-state index contributed by atoms with van der Waals surface area (Å²) in [4.78, 5) is 0. The zero-order chi connectivity index (χ0) is 12.5. The molecule has 2 aliphatic heterocycles.